The summed E-state index contributed by atoms with van der Waals surface area (Å²) in [6, 6.07) is 7.47. The molecule has 1 aliphatic heterocycles. The van der Waals surface area contributed by atoms with E-state index in [4.69, 9.17) is 4.74 Å². The zero-order valence-corrected chi connectivity index (χ0v) is 14.2. The van der Waals surface area contributed by atoms with Crippen molar-refractivity contribution in [1.29, 1.82) is 0 Å². The second-order valence-corrected chi connectivity index (χ2v) is 6.15. The quantitative estimate of drug-likeness (QED) is 0.875. The number of aromatic nitrogens is 2. The normalized spacial score (nSPS) is 18.8. The SMILES string of the molecule is COc1ccc(C(NC(=O)C2CCCNC2)c2nccn2C)cc1. The van der Waals surface area contributed by atoms with E-state index >= 15 is 0 Å². The topological polar surface area (TPSA) is 68.2 Å². The molecule has 24 heavy (non-hydrogen) atoms. The Balaban J connectivity index is 1.84. The smallest absolute Gasteiger partial charge is 0.225 e. The lowest BCUT2D eigenvalue weighted by Gasteiger charge is -2.25. The standard InChI is InChI=1S/C18H24N4O2/c1-22-11-10-20-17(22)16(13-5-7-15(24-2)8-6-13)21-18(23)14-4-3-9-19-12-14/h5-8,10-11,14,16,19H,3-4,9,12H2,1-2H3,(H,21,23). The molecule has 1 aliphatic rings. The first-order valence-corrected chi connectivity index (χ1v) is 8.31. The molecule has 0 saturated carbocycles. The third-order valence-electron chi connectivity index (χ3n) is 4.52. The molecule has 2 aromatic rings. The Kier molecular flexibility index (Phi) is 5.15. The average molecular weight is 328 g/mol. The molecule has 1 amide bonds. The van der Waals surface area contributed by atoms with E-state index in [-0.39, 0.29) is 17.9 Å². The van der Waals surface area contributed by atoms with Crippen LogP contribution in [0.1, 0.15) is 30.3 Å². The van der Waals surface area contributed by atoms with Gasteiger partial charge in [-0.25, -0.2) is 4.98 Å². The molecule has 0 spiro atoms. The number of benzene rings is 1. The second kappa shape index (κ2) is 7.49. The van der Waals surface area contributed by atoms with Crippen LogP contribution < -0.4 is 15.4 Å². The molecule has 0 radical (unpaired) electrons. The van der Waals surface area contributed by atoms with Gasteiger partial charge in [-0.3, -0.25) is 4.79 Å². The number of rotatable bonds is 5. The fourth-order valence-electron chi connectivity index (χ4n) is 3.08. The Hall–Kier alpha value is -2.34. The predicted octanol–water partition coefficient (Wildman–Crippen LogP) is 1.63. The van der Waals surface area contributed by atoms with Crippen molar-refractivity contribution in [3.8, 4) is 5.75 Å². The van der Waals surface area contributed by atoms with Crippen LogP contribution in [0.5, 0.6) is 5.75 Å². The van der Waals surface area contributed by atoms with E-state index in [1.54, 1.807) is 13.3 Å². The van der Waals surface area contributed by atoms with E-state index < -0.39 is 0 Å². The van der Waals surface area contributed by atoms with Gasteiger partial charge in [0.2, 0.25) is 5.91 Å². The molecule has 2 atom stereocenters. The number of ether oxygens (including phenoxy) is 1. The van der Waals surface area contributed by atoms with Crippen molar-refractivity contribution in [1.82, 2.24) is 20.2 Å². The van der Waals surface area contributed by atoms with Gasteiger partial charge in [-0.05, 0) is 37.1 Å². The Labute approximate surface area is 142 Å². The molecule has 6 heteroatoms. The first-order valence-electron chi connectivity index (χ1n) is 8.31. The van der Waals surface area contributed by atoms with Gasteiger partial charge in [0, 0.05) is 26.0 Å². The number of amides is 1. The molecule has 2 heterocycles. The second-order valence-electron chi connectivity index (χ2n) is 6.15. The molecular formula is C18H24N4O2. The van der Waals surface area contributed by atoms with E-state index in [0.717, 1.165) is 43.1 Å². The van der Waals surface area contributed by atoms with Gasteiger partial charge in [-0.2, -0.15) is 0 Å². The lowest BCUT2D eigenvalue weighted by molar-refractivity contribution is -0.126. The van der Waals surface area contributed by atoms with E-state index in [0.29, 0.717) is 0 Å². The van der Waals surface area contributed by atoms with Crippen LogP contribution in [0.4, 0.5) is 0 Å². The van der Waals surface area contributed by atoms with E-state index in [9.17, 15) is 4.79 Å². The highest BCUT2D eigenvalue weighted by Gasteiger charge is 2.26. The number of methoxy groups -OCH3 is 1. The average Bonchev–Trinajstić information content (AvgIpc) is 3.06. The summed E-state index contributed by atoms with van der Waals surface area (Å²) in [5, 5.41) is 6.47. The van der Waals surface area contributed by atoms with Crippen molar-refractivity contribution in [3.63, 3.8) is 0 Å². The molecule has 0 aliphatic carbocycles. The van der Waals surface area contributed by atoms with Crippen LogP contribution in [0.25, 0.3) is 0 Å². The van der Waals surface area contributed by atoms with Gasteiger partial charge in [-0.15, -0.1) is 0 Å². The fourth-order valence-corrected chi connectivity index (χ4v) is 3.08. The molecule has 1 aromatic heterocycles. The number of carbonyl (C=O) groups excluding carboxylic acids is 1. The van der Waals surface area contributed by atoms with Crippen LogP contribution in [-0.4, -0.2) is 35.7 Å². The summed E-state index contributed by atoms with van der Waals surface area (Å²) >= 11 is 0. The highest BCUT2D eigenvalue weighted by atomic mass is 16.5. The molecule has 1 fully saturated rings. The van der Waals surface area contributed by atoms with E-state index in [1.165, 1.54) is 0 Å². The Morgan fingerprint density at radius 1 is 1.42 bits per heavy atom. The number of aryl methyl sites for hydroxylation is 1. The van der Waals surface area contributed by atoms with Crippen molar-refractivity contribution in [3.05, 3.63) is 48.0 Å². The summed E-state index contributed by atoms with van der Waals surface area (Å²) in [5.41, 5.74) is 0.988. The van der Waals surface area contributed by atoms with Crippen LogP contribution in [0.3, 0.4) is 0 Å². The van der Waals surface area contributed by atoms with Crippen molar-refractivity contribution in [2.75, 3.05) is 20.2 Å². The van der Waals surface area contributed by atoms with Gasteiger partial charge < -0.3 is 19.9 Å². The van der Waals surface area contributed by atoms with Crippen LogP contribution >= 0.6 is 0 Å². The summed E-state index contributed by atoms with van der Waals surface area (Å²) in [6.45, 7) is 1.73. The van der Waals surface area contributed by atoms with Crippen molar-refractivity contribution in [2.45, 2.75) is 18.9 Å². The zero-order chi connectivity index (χ0) is 16.9. The molecule has 6 nitrogen and oxygen atoms in total. The van der Waals surface area contributed by atoms with Gasteiger partial charge in [-0.1, -0.05) is 12.1 Å². The largest absolute Gasteiger partial charge is 0.497 e. The van der Waals surface area contributed by atoms with Crippen molar-refractivity contribution >= 4 is 5.91 Å². The highest BCUT2D eigenvalue weighted by molar-refractivity contribution is 5.79. The number of imidazole rings is 1. The van der Waals surface area contributed by atoms with Crippen LogP contribution in [0.2, 0.25) is 0 Å². The van der Waals surface area contributed by atoms with Crippen molar-refractivity contribution < 1.29 is 9.53 Å². The molecule has 1 aromatic carbocycles. The Bertz CT molecular complexity index is 675. The number of hydrogen-bond donors (Lipinski definition) is 2. The minimum absolute atomic E-state index is 0.0137. The van der Waals surface area contributed by atoms with E-state index in [1.807, 2.05) is 42.1 Å². The predicted molar refractivity (Wildman–Crippen MR) is 91.8 cm³/mol. The van der Waals surface area contributed by atoms with Gasteiger partial charge in [0.15, 0.2) is 0 Å². The minimum Gasteiger partial charge on any atom is -0.497 e. The number of nitrogens with one attached hydrogen (secondary N) is 2. The number of hydrogen-bond acceptors (Lipinski definition) is 4. The molecule has 0 bridgehead atoms. The summed E-state index contributed by atoms with van der Waals surface area (Å²) in [7, 11) is 3.58. The minimum atomic E-state index is -0.273. The number of nitrogens with zero attached hydrogens (tertiary/aromatic N) is 2. The van der Waals surface area contributed by atoms with Gasteiger partial charge in [0.05, 0.1) is 13.0 Å². The van der Waals surface area contributed by atoms with E-state index in [2.05, 4.69) is 15.6 Å². The molecule has 2 unspecified atom stereocenters. The molecule has 2 N–H and O–H groups in total. The molecule has 3 rings (SSSR count). The first-order chi connectivity index (χ1) is 11.7. The molecule has 128 valence electrons. The summed E-state index contributed by atoms with van der Waals surface area (Å²) < 4.78 is 7.16. The lowest BCUT2D eigenvalue weighted by atomic mass is 9.97. The van der Waals surface area contributed by atoms with Crippen LogP contribution in [-0.2, 0) is 11.8 Å². The monoisotopic (exact) mass is 328 g/mol. The highest BCUT2D eigenvalue weighted by Crippen LogP contribution is 2.24. The zero-order valence-electron chi connectivity index (χ0n) is 14.2. The number of piperidine rings is 1. The Morgan fingerprint density at radius 2 is 2.21 bits per heavy atom. The maximum atomic E-state index is 12.7. The van der Waals surface area contributed by atoms with Gasteiger partial charge in [0.25, 0.3) is 0 Å². The Morgan fingerprint density at radius 3 is 2.79 bits per heavy atom. The summed E-state index contributed by atoms with van der Waals surface area (Å²) in [5.74, 6) is 1.70. The molecule has 1 saturated heterocycles. The van der Waals surface area contributed by atoms with Gasteiger partial charge >= 0.3 is 0 Å². The summed E-state index contributed by atoms with van der Waals surface area (Å²) in [6.07, 6.45) is 5.60. The van der Waals surface area contributed by atoms with Gasteiger partial charge in [0.1, 0.15) is 17.6 Å². The fraction of sp³-hybridized carbons (Fsp3) is 0.444. The first kappa shape index (κ1) is 16.5. The third-order valence-corrected chi connectivity index (χ3v) is 4.52. The summed E-state index contributed by atoms with van der Waals surface area (Å²) in [4.78, 5) is 17.1. The maximum Gasteiger partial charge on any atom is 0.225 e. The number of carbonyl (C=O) groups is 1. The lowest BCUT2D eigenvalue weighted by Crippen LogP contribution is -2.42. The van der Waals surface area contributed by atoms with Crippen LogP contribution in [0, 0.1) is 5.92 Å². The van der Waals surface area contributed by atoms with Crippen LogP contribution in [0.15, 0.2) is 36.7 Å². The maximum absolute atomic E-state index is 12.7. The third kappa shape index (κ3) is 3.59. The molecular weight excluding hydrogens is 304 g/mol. The van der Waals surface area contributed by atoms with Crippen molar-refractivity contribution in [2.24, 2.45) is 13.0 Å².